The van der Waals surface area contributed by atoms with Gasteiger partial charge in [-0.15, -0.1) is 0 Å². The van der Waals surface area contributed by atoms with Crippen molar-refractivity contribution < 1.29 is 14.3 Å². The van der Waals surface area contributed by atoms with Crippen molar-refractivity contribution in [2.45, 2.75) is 31.2 Å². The van der Waals surface area contributed by atoms with E-state index in [2.05, 4.69) is 24.4 Å². The summed E-state index contributed by atoms with van der Waals surface area (Å²) in [6, 6.07) is 8.40. The Morgan fingerprint density at radius 3 is 2.96 bits per heavy atom. The van der Waals surface area contributed by atoms with E-state index in [0.29, 0.717) is 5.57 Å². The minimum absolute atomic E-state index is 0.102. The van der Waals surface area contributed by atoms with E-state index < -0.39 is 0 Å². The lowest BCUT2D eigenvalue weighted by molar-refractivity contribution is -0.139. The molecule has 24 heavy (non-hydrogen) atoms. The molecule has 5 heteroatoms. The fourth-order valence-electron chi connectivity index (χ4n) is 5.77. The van der Waals surface area contributed by atoms with Gasteiger partial charge in [-0.3, -0.25) is 4.79 Å². The monoisotopic (exact) mass is 324 g/mol. The highest BCUT2D eigenvalue weighted by atomic mass is 16.5. The standard InChI is InChI=1S/C19H20N2O3/c1-3-10-13-14(18(23)24-2)15-19(8-9-21(16(10)19)17(13)22)11-6-4-5-7-12(11)20-15/h4-7,10,13,16,20H,3,8-9H2,1-2H3. The third kappa shape index (κ3) is 1.30. The summed E-state index contributed by atoms with van der Waals surface area (Å²) in [5.74, 6) is -0.456. The van der Waals surface area contributed by atoms with E-state index in [1.54, 1.807) is 0 Å². The summed E-state index contributed by atoms with van der Waals surface area (Å²) < 4.78 is 5.09. The van der Waals surface area contributed by atoms with Gasteiger partial charge in [0.1, 0.15) is 0 Å². The lowest BCUT2D eigenvalue weighted by Gasteiger charge is -2.41. The van der Waals surface area contributed by atoms with Crippen molar-refractivity contribution >= 4 is 17.6 Å². The van der Waals surface area contributed by atoms with Crippen LogP contribution in [0.5, 0.6) is 0 Å². The second-order valence-electron chi connectivity index (χ2n) is 7.20. The van der Waals surface area contributed by atoms with Crippen molar-refractivity contribution in [3.8, 4) is 0 Å². The number of nitrogens with zero attached hydrogens (tertiary/aromatic N) is 1. The van der Waals surface area contributed by atoms with Crippen LogP contribution in [0.3, 0.4) is 0 Å². The number of esters is 1. The van der Waals surface area contributed by atoms with Gasteiger partial charge in [0.2, 0.25) is 5.91 Å². The molecule has 0 saturated carbocycles. The van der Waals surface area contributed by atoms with Crippen LogP contribution < -0.4 is 5.32 Å². The Morgan fingerprint density at radius 2 is 2.21 bits per heavy atom. The smallest absolute Gasteiger partial charge is 0.336 e. The van der Waals surface area contributed by atoms with Crippen molar-refractivity contribution in [1.82, 2.24) is 4.90 Å². The molecule has 3 heterocycles. The number of carbonyl (C=O) groups is 2. The van der Waals surface area contributed by atoms with Gasteiger partial charge in [-0.2, -0.15) is 0 Å². The van der Waals surface area contributed by atoms with Crippen LogP contribution in [0.2, 0.25) is 0 Å². The molecular formula is C19H20N2O3. The number of hydrogen-bond donors (Lipinski definition) is 1. The molecule has 1 aromatic rings. The number of methoxy groups -OCH3 is 1. The van der Waals surface area contributed by atoms with Crippen LogP contribution in [0, 0.1) is 11.8 Å². The molecule has 1 N–H and O–H groups in total. The molecule has 5 rings (SSSR count). The van der Waals surface area contributed by atoms with Gasteiger partial charge in [0.05, 0.1) is 30.1 Å². The highest BCUT2D eigenvalue weighted by molar-refractivity contribution is 6.03. The molecular weight excluding hydrogens is 304 g/mol. The quantitative estimate of drug-likeness (QED) is 0.846. The van der Waals surface area contributed by atoms with Gasteiger partial charge in [0.25, 0.3) is 0 Å². The third-order valence-corrected chi connectivity index (χ3v) is 6.54. The normalized spacial score (nSPS) is 35.0. The van der Waals surface area contributed by atoms with Crippen molar-refractivity contribution in [2.75, 3.05) is 19.0 Å². The molecule has 124 valence electrons. The number of ether oxygens (including phenoxy) is 1. The molecule has 1 aliphatic carbocycles. The maximum atomic E-state index is 13.0. The number of carbonyl (C=O) groups excluding carboxylic acids is 2. The molecule has 0 radical (unpaired) electrons. The zero-order valence-corrected chi connectivity index (χ0v) is 13.8. The number of anilines is 1. The lowest BCUT2D eigenvalue weighted by Crippen LogP contribution is -2.47. The second-order valence-corrected chi connectivity index (χ2v) is 7.20. The highest BCUT2D eigenvalue weighted by Crippen LogP contribution is 2.64. The lowest BCUT2D eigenvalue weighted by atomic mass is 9.61. The van der Waals surface area contributed by atoms with Gasteiger partial charge in [0, 0.05) is 17.9 Å². The molecule has 2 saturated heterocycles. The van der Waals surface area contributed by atoms with Crippen molar-refractivity contribution in [3.05, 3.63) is 41.1 Å². The van der Waals surface area contributed by atoms with Crippen LogP contribution in [0.25, 0.3) is 0 Å². The third-order valence-electron chi connectivity index (χ3n) is 6.54. The average molecular weight is 324 g/mol. The van der Waals surface area contributed by atoms with E-state index in [1.807, 2.05) is 17.0 Å². The largest absolute Gasteiger partial charge is 0.466 e. The molecule has 2 bridgehead atoms. The van der Waals surface area contributed by atoms with Crippen LogP contribution in [-0.4, -0.2) is 36.5 Å². The van der Waals surface area contributed by atoms with E-state index in [0.717, 1.165) is 30.8 Å². The zero-order chi connectivity index (χ0) is 16.6. The Kier molecular flexibility index (Phi) is 2.58. The van der Waals surface area contributed by atoms with Crippen molar-refractivity contribution in [3.63, 3.8) is 0 Å². The first kappa shape index (κ1) is 14.1. The van der Waals surface area contributed by atoms with E-state index >= 15 is 0 Å². The predicted molar refractivity (Wildman–Crippen MR) is 88.2 cm³/mol. The first-order chi connectivity index (χ1) is 11.6. The van der Waals surface area contributed by atoms with Crippen LogP contribution in [0.1, 0.15) is 25.3 Å². The van der Waals surface area contributed by atoms with Crippen molar-refractivity contribution in [1.29, 1.82) is 0 Å². The molecule has 1 spiro atoms. The fraction of sp³-hybridized carbons (Fsp3) is 0.474. The first-order valence-electron chi connectivity index (χ1n) is 8.65. The molecule has 4 atom stereocenters. The molecule has 3 aliphatic heterocycles. The SMILES string of the molecule is CCC1C2C(=O)N3CCC4(C(=C2C(=O)OC)Nc2ccccc24)C13. The number of fused-ring (bicyclic) bond motifs is 2. The summed E-state index contributed by atoms with van der Waals surface area (Å²) in [5.41, 5.74) is 3.49. The van der Waals surface area contributed by atoms with Gasteiger partial charge >= 0.3 is 5.97 Å². The second kappa shape index (κ2) is 4.41. The number of rotatable bonds is 2. The minimum atomic E-state index is -0.367. The van der Waals surface area contributed by atoms with Gasteiger partial charge < -0.3 is 15.0 Å². The van der Waals surface area contributed by atoms with Gasteiger partial charge in [-0.1, -0.05) is 31.5 Å². The summed E-state index contributed by atoms with van der Waals surface area (Å²) in [4.78, 5) is 27.7. The molecule has 1 amide bonds. The van der Waals surface area contributed by atoms with Gasteiger partial charge in [-0.05, 0) is 24.0 Å². The molecule has 1 aromatic carbocycles. The van der Waals surface area contributed by atoms with Crippen LogP contribution in [-0.2, 0) is 19.7 Å². The summed E-state index contributed by atoms with van der Waals surface area (Å²) in [5, 5.41) is 3.49. The number of benzene rings is 1. The maximum absolute atomic E-state index is 13.0. The zero-order valence-electron chi connectivity index (χ0n) is 13.8. The van der Waals surface area contributed by atoms with E-state index in [1.165, 1.54) is 12.7 Å². The number of hydrogen-bond acceptors (Lipinski definition) is 4. The van der Waals surface area contributed by atoms with E-state index in [9.17, 15) is 9.59 Å². The Bertz CT molecular complexity index is 815. The maximum Gasteiger partial charge on any atom is 0.336 e. The Labute approximate surface area is 140 Å². The van der Waals surface area contributed by atoms with Crippen LogP contribution >= 0.6 is 0 Å². The molecule has 4 aliphatic rings. The van der Waals surface area contributed by atoms with Crippen LogP contribution in [0.4, 0.5) is 5.69 Å². The summed E-state index contributed by atoms with van der Waals surface area (Å²) >= 11 is 0. The fourth-order valence-corrected chi connectivity index (χ4v) is 5.77. The summed E-state index contributed by atoms with van der Waals surface area (Å²) in [6.07, 6.45) is 1.75. The Hall–Kier alpha value is -2.30. The summed E-state index contributed by atoms with van der Waals surface area (Å²) in [7, 11) is 1.40. The van der Waals surface area contributed by atoms with Gasteiger partial charge in [0.15, 0.2) is 0 Å². The molecule has 5 nitrogen and oxygen atoms in total. The van der Waals surface area contributed by atoms with Gasteiger partial charge in [-0.25, -0.2) is 4.79 Å². The topological polar surface area (TPSA) is 58.6 Å². The Morgan fingerprint density at radius 1 is 1.42 bits per heavy atom. The summed E-state index contributed by atoms with van der Waals surface area (Å²) in [6.45, 7) is 2.89. The number of amides is 1. The highest BCUT2D eigenvalue weighted by Gasteiger charge is 2.69. The van der Waals surface area contributed by atoms with Crippen LogP contribution in [0.15, 0.2) is 35.5 Å². The van der Waals surface area contributed by atoms with E-state index in [-0.39, 0.29) is 35.2 Å². The first-order valence-corrected chi connectivity index (χ1v) is 8.65. The minimum Gasteiger partial charge on any atom is -0.466 e. The predicted octanol–water partition coefficient (Wildman–Crippen LogP) is 2.05. The number of para-hydroxylation sites is 1. The van der Waals surface area contributed by atoms with Crippen molar-refractivity contribution in [2.24, 2.45) is 11.8 Å². The molecule has 4 unspecified atom stereocenters. The molecule has 2 fully saturated rings. The number of nitrogens with one attached hydrogen (secondary N) is 1. The average Bonchev–Trinajstić information content (AvgIpc) is 3.22. The Balaban J connectivity index is 1.86. The molecule has 0 aromatic heterocycles. The van der Waals surface area contributed by atoms with E-state index in [4.69, 9.17) is 4.74 Å².